The van der Waals surface area contributed by atoms with Crippen molar-refractivity contribution in [2.75, 3.05) is 13.1 Å². The Morgan fingerprint density at radius 1 is 1.08 bits per heavy atom. The highest BCUT2D eigenvalue weighted by Crippen LogP contribution is 2.46. The normalized spacial score (nSPS) is 25.4. The Labute approximate surface area is 149 Å². The maximum atomic E-state index is 5.08. The van der Waals surface area contributed by atoms with E-state index in [0.717, 1.165) is 31.4 Å². The molecule has 2 heteroatoms. The molecule has 126 valence electrons. The molecule has 2 aromatic carbocycles. The molecule has 0 spiro atoms. The van der Waals surface area contributed by atoms with Crippen LogP contribution in [-0.2, 0) is 18.3 Å². The average Bonchev–Trinajstić information content (AvgIpc) is 2.64. The fourth-order valence-electron chi connectivity index (χ4n) is 5.02. The zero-order valence-electron chi connectivity index (χ0n) is 14.8. The summed E-state index contributed by atoms with van der Waals surface area (Å²) in [4.78, 5) is 5.08. The lowest BCUT2D eigenvalue weighted by Gasteiger charge is -2.48. The fraction of sp³-hybridized carbons (Fsp3) is 0.348. The number of para-hydroxylation sites is 1. The third-order valence-corrected chi connectivity index (χ3v) is 6.35. The molecule has 1 N–H and O–H groups in total. The first-order valence-corrected chi connectivity index (χ1v) is 9.40. The van der Waals surface area contributed by atoms with E-state index < -0.39 is 0 Å². The molecule has 3 aromatic rings. The largest absolute Gasteiger partial charge is 0.316 e. The van der Waals surface area contributed by atoms with E-state index >= 15 is 0 Å². The van der Waals surface area contributed by atoms with Crippen molar-refractivity contribution in [3.63, 3.8) is 0 Å². The molecule has 1 aliphatic carbocycles. The number of aryl methyl sites for hydroxylation is 1. The van der Waals surface area contributed by atoms with Gasteiger partial charge < -0.3 is 5.32 Å². The van der Waals surface area contributed by atoms with Gasteiger partial charge in [0.2, 0.25) is 0 Å². The molecular formula is C23H24N2. The van der Waals surface area contributed by atoms with Crippen molar-refractivity contribution in [3.8, 4) is 0 Å². The molecule has 2 heterocycles. The number of aromatic nitrogens is 1. The van der Waals surface area contributed by atoms with Crippen LogP contribution in [0.25, 0.3) is 10.9 Å². The first-order chi connectivity index (χ1) is 12.2. The Morgan fingerprint density at radius 3 is 2.92 bits per heavy atom. The summed E-state index contributed by atoms with van der Waals surface area (Å²) in [6, 6.07) is 20.1. The Kier molecular flexibility index (Phi) is 3.42. The molecule has 1 fully saturated rings. The minimum absolute atomic E-state index is 0.236. The van der Waals surface area contributed by atoms with Crippen LogP contribution in [0.1, 0.15) is 28.8 Å². The number of piperidine rings is 1. The van der Waals surface area contributed by atoms with E-state index in [2.05, 4.69) is 66.8 Å². The van der Waals surface area contributed by atoms with Gasteiger partial charge in [-0.25, -0.2) is 0 Å². The van der Waals surface area contributed by atoms with Crippen LogP contribution < -0.4 is 5.32 Å². The van der Waals surface area contributed by atoms with E-state index in [9.17, 15) is 0 Å². The summed E-state index contributed by atoms with van der Waals surface area (Å²) < 4.78 is 0. The number of nitrogens with zero attached hydrogens (tertiary/aromatic N) is 1. The van der Waals surface area contributed by atoms with Crippen LogP contribution in [-0.4, -0.2) is 18.1 Å². The van der Waals surface area contributed by atoms with Gasteiger partial charge in [-0.15, -0.1) is 0 Å². The summed E-state index contributed by atoms with van der Waals surface area (Å²) in [5.74, 6) is 0.651. The standard InChI is InChI=1S/C23H24N2/c1-16-5-4-7-19(11-16)23-9-10-24-15-20(23)13-18-12-17-6-2-3-8-21(17)25-22(18)14-23/h2-8,11-12,20,24H,9-10,13-15H2,1H3/t20-,23+/m1/s1. The van der Waals surface area contributed by atoms with Crippen LogP contribution in [0.15, 0.2) is 54.6 Å². The zero-order valence-corrected chi connectivity index (χ0v) is 14.8. The zero-order chi connectivity index (χ0) is 16.9. The predicted molar refractivity (Wildman–Crippen MR) is 103 cm³/mol. The minimum atomic E-state index is 0.236. The van der Waals surface area contributed by atoms with Gasteiger partial charge in [-0.1, -0.05) is 48.0 Å². The molecule has 0 radical (unpaired) electrons. The van der Waals surface area contributed by atoms with Crippen molar-refractivity contribution >= 4 is 10.9 Å². The van der Waals surface area contributed by atoms with Crippen molar-refractivity contribution in [3.05, 3.63) is 77.0 Å². The first kappa shape index (κ1) is 15.1. The van der Waals surface area contributed by atoms with Crippen molar-refractivity contribution < 1.29 is 0 Å². The highest BCUT2D eigenvalue weighted by atomic mass is 14.9. The van der Waals surface area contributed by atoms with E-state index in [4.69, 9.17) is 4.98 Å². The summed E-state index contributed by atoms with van der Waals surface area (Å²) >= 11 is 0. The van der Waals surface area contributed by atoms with Crippen LogP contribution in [0, 0.1) is 12.8 Å². The second-order valence-corrected chi connectivity index (χ2v) is 7.84. The van der Waals surface area contributed by atoms with Crippen LogP contribution >= 0.6 is 0 Å². The molecule has 0 amide bonds. The molecule has 1 saturated heterocycles. The smallest absolute Gasteiger partial charge is 0.0705 e. The van der Waals surface area contributed by atoms with E-state index in [1.165, 1.54) is 34.2 Å². The molecular weight excluding hydrogens is 304 g/mol. The van der Waals surface area contributed by atoms with Crippen LogP contribution in [0.4, 0.5) is 0 Å². The number of hydrogen-bond acceptors (Lipinski definition) is 2. The minimum Gasteiger partial charge on any atom is -0.316 e. The van der Waals surface area contributed by atoms with Gasteiger partial charge in [-0.2, -0.15) is 0 Å². The van der Waals surface area contributed by atoms with Crippen molar-refractivity contribution in [2.45, 2.75) is 31.6 Å². The van der Waals surface area contributed by atoms with Gasteiger partial charge in [-0.3, -0.25) is 4.98 Å². The second kappa shape index (κ2) is 5.67. The molecule has 0 bridgehead atoms. The lowest BCUT2D eigenvalue weighted by atomic mass is 9.59. The summed E-state index contributed by atoms with van der Waals surface area (Å²) in [6.45, 7) is 4.42. The van der Waals surface area contributed by atoms with Gasteiger partial charge in [0.1, 0.15) is 0 Å². The lowest BCUT2D eigenvalue weighted by Crippen LogP contribution is -2.52. The molecule has 2 atom stereocenters. The topological polar surface area (TPSA) is 24.9 Å². The molecule has 2 aliphatic rings. The van der Waals surface area contributed by atoms with E-state index in [0.29, 0.717) is 5.92 Å². The Hall–Kier alpha value is -2.19. The number of hydrogen-bond donors (Lipinski definition) is 1. The summed E-state index contributed by atoms with van der Waals surface area (Å²) in [5.41, 5.74) is 7.02. The molecule has 25 heavy (non-hydrogen) atoms. The Balaban J connectivity index is 1.67. The van der Waals surface area contributed by atoms with Crippen LogP contribution in [0.3, 0.4) is 0 Å². The number of pyridine rings is 1. The molecule has 0 saturated carbocycles. The van der Waals surface area contributed by atoms with Crippen LogP contribution in [0.2, 0.25) is 0 Å². The van der Waals surface area contributed by atoms with Crippen molar-refractivity contribution in [1.82, 2.24) is 10.3 Å². The Morgan fingerprint density at radius 2 is 2.00 bits per heavy atom. The fourth-order valence-corrected chi connectivity index (χ4v) is 5.02. The molecule has 2 nitrogen and oxygen atoms in total. The van der Waals surface area contributed by atoms with E-state index in [-0.39, 0.29) is 5.41 Å². The van der Waals surface area contributed by atoms with Gasteiger partial charge in [0.05, 0.1) is 5.52 Å². The second-order valence-electron chi connectivity index (χ2n) is 7.84. The quantitative estimate of drug-likeness (QED) is 0.724. The number of nitrogens with one attached hydrogen (secondary N) is 1. The van der Waals surface area contributed by atoms with Gasteiger partial charge in [0.15, 0.2) is 0 Å². The molecule has 1 aromatic heterocycles. The van der Waals surface area contributed by atoms with Crippen molar-refractivity contribution in [1.29, 1.82) is 0 Å². The van der Waals surface area contributed by atoms with E-state index in [1.807, 2.05) is 0 Å². The predicted octanol–water partition coefficient (Wildman–Crippen LogP) is 4.19. The summed E-state index contributed by atoms with van der Waals surface area (Å²) in [5, 5.41) is 4.91. The maximum Gasteiger partial charge on any atom is 0.0705 e. The van der Waals surface area contributed by atoms with Gasteiger partial charge >= 0.3 is 0 Å². The van der Waals surface area contributed by atoms with Crippen molar-refractivity contribution in [2.24, 2.45) is 5.92 Å². The van der Waals surface area contributed by atoms with E-state index in [1.54, 1.807) is 0 Å². The molecule has 0 unspecified atom stereocenters. The summed E-state index contributed by atoms with van der Waals surface area (Å²) in [7, 11) is 0. The number of benzene rings is 2. The SMILES string of the molecule is Cc1cccc([C@@]23CCNC[C@H]2Cc2cc4ccccc4nc2C3)c1. The maximum absolute atomic E-state index is 5.08. The van der Waals surface area contributed by atoms with Gasteiger partial charge in [0.25, 0.3) is 0 Å². The molecule has 5 rings (SSSR count). The number of fused-ring (bicyclic) bond motifs is 3. The van der Waals surface area contributed by atoms with Gasteiger partial charge in [0, 0.05) is 22.9 Å². The third-order valence-electron chi connectivity index (χ3n) is 6.35. The highest BCUT2D eigenvalue weighted by molar-refractivity contribution is 5.79. The third kappa shape index (κ3) is 2.39. The number of rotatable bonds is 1. The lowest BCUT2D eigenvalue weighted by molar-refractivity contribution is 0.181. The summed E-state index contributed by atoms with van der Waals surface area (Å²) in [6.07, 6.45) is 3.41. The Bertz CT molecular complexity index is 946. The monoisotopic (exact) mass is 328 g/mol. The average molecular weight is 328 g/mol. The molecule has 1 aliphatic heterocycles. The first-order valence-electron chi connectivity index (χ1n) is 9.40. The highest BCUT2D eigenvalue weighted by Gasteiger charge is 2.45. The van der Waals surface area contributed by atoms with Crippen LogP contribution in [0.5, 0.6) is 0 Å². The van der Waals surface area contributed by atoms with Gasteiger partial charge in [-0.05, 0) is 62.0 Å².